The predicted molar refractivity (Wildman–Crippen MR) is 59.4 cm³/mol. The van der Waals surface area contributed by atoms with Gasteiger partial charge in [0.15, 0.2) is 0 Å². The third-order valence-corrected chi connectivity index (χ3v) is 2.83. The number of carboxylic acid groups (broad SMARTS) is 1. The maximum atomic E-state index is 11.1. The lowest BCUT2D eigenvalue weighted by atomic mass is 10.0. The fraction of sp³-hybridized carbons (Fsp3) is 0.545. The summed E-state index contributed by atoms with van der Waals surface area (Å²) in [5, 5.41) is 9.14. The molecular weight excluding hydrogens is 206 g/mol. The highest BCUT2D eigenvalue weighted by atomic mass is 16.4. The number of carboxylic acids is 1. The van der Waals surface area contributed by atoms with Gasteiger partial charge in [-0.3, -0.25) is 0 Å². The Hall–Kier alpha value is -1.65. The van der Waals surface area contributed by atoms with Crippen molar-refractivity contribution in [2.75, 3.05) is 11.4 Å². The molecule has 1 aliphatic rings. The van der Waals surface area contributed by atoms with E-state index in [1.165, 1.54) is 0 Å². The average Bonchev–Trinajstić information content (AvgIpc) is 2.29. The van der Waals surface area contributed by atoms with Gasteiger partial charge in [0.25, 0.3) is 0 Å². The normalized spacial score (nSPS) is 20.8. The molecule has 0 aromatic carbocycles. The number of hydrogen-bond donors (Lipinski definition) is 1. The average molecular weight is 221 g/mol. The Morgan fingerprint density at radius 1 is 1.56 bits per heavy atom. The van der Waals surface area contributed by atoms with Crippen molar-refractivity contribution in [2.24, 2.45) is 0 Å². The minimum atomic E-state index is -0.787. The maximum absolute atomic E-state index is 11.1. The zero-order chi connectivity index (χ0) is 11.5. The molecule has 1 fully saturated rings. The van der Waals surface area contributed by atoms with Gasteiger partial charge in [-0.2, -0.15) is 0 Å². The van der Waals surface area contributed by atoms with Gasteiger partial charge in [-0.25, -0.2) is 14.8 Å². The van der Waals surface area contributed by atoms with Crippen LogP contribution < -0.4 is 4.90 Å². The number of aliphatic carboxylic acids is 1. The second-order valence-corrected chi connectivity index (χ2v) is 4.04. The molecule has 1 N–H and O–H groups in total. The molecule has 0 amide bonds. The molecule has 2 rings (SSSR count). The van der Waals surface area contributed by atoms with Gasteiger partial charge in [0, 0.05) is 18.4 Å². The summed E-state index contributed by atoms with van der Waals surface area (Å²) >= 11 is 0. The van der Waals surface area contributed by atoms with Crippen LogP contribution in [0.25, 0.3) is 0 Å². The number of rotatable bonds is 2. The quantitative estimate of drug-likeness (QED) is 0.813. The summed E-state index contributed by atoms with van der Waals surface area (Å²) in [5.41, 5.74) is 0.861. The van der Waals surface area contributed by atoms with E-state index in [1.807, 2.05) is 13.0 Å². The van der Waals surface area contributed by atoms with Crippen LogP contribution in [0, 0.1) is 6.92 Å². The fourth-order valence-corrected chi connectivity index (χ4v) is 2.00. The van der Waals surface area contributed by atoms with Crippen LogP contribution in [0.3, 0.4) is 0 Å². The topological polar surface area (TPSA) is 66.3 Å². The molecule has 5 heteroatoms. The lowest BCUT2D eigenvalue weighted by molar-refractivity contribution is -0.139. The van der Waals surface area contributed by atoms with E-state index in [2.05, 4.69) is 9.97 Å². The van der Waals surface area contributed by atoms with Crippen molar-refractivity contribution in [3.63, 3.8) is 0 Å². The van der Waals surface area contributed by atoms with Crippen molar-refractivity contribution in [3.8, 4) is 0 Å². The summed E-state index contributed by atoms with van der Waals surface area (Å²) < 4.78 is 0. The molecule has 5 nitrogen and oxygen atoms in total. The predicted octanol–water partition coefficient (Wildman–Crippen LogP) is 1.23. The van der Waals surface area contributed by atoms with Crippen molar-refractivity contribution in [3.05, 3.63) is 18.0 Å². The monoisotopic (exact) mass is 221 g/mol. The number of anilines is 1. The fourth-order valence-electron chi connectivity index (χ4n) is 2.00. The molecule has 0 radical (unpaired) electrons. The van der Waals surface area contributed by atoms with Crippen LogP contribution in [0.4, 0.5) is 5.95 Å². The summed E-state index contributed by atoms with van der Waals surface area (Å²) in [4.78, 5) is 21.3. The van der Waals surface area contributed by atoms with Crippen LogP contribution >= 0.6 is 0 Å². The molecular formula is C11H15N3O2. The highest BCUT2D eigenvalue weighted by Gasteiger charge is 2.29. The molecule has 1 aliphatic heterocycles. The van der Waals surface area contributed by atoms with Crippen LogP contribution in [0.5, 0.6) is 0 Å². The van der Waals surface area contributed by atoms with Gasteiger partial charge in [0.05, 0.1) is 0 Å². The summed E-state index contributed by atoms with van der Waals surface area (Å²) in [7, 11) is 0. The molecule has 2 heterocycles. The second kappa shape index (κ2) is 4.47. The van der Waals surface area contributed by atoms with Crippen molar-refractivity contribution >= 4 is 11.9 Å². The first-order valence-electron chi connectivity index (χ1n) is 5.47. The Morgan fingerprint density at radius 2 is 2.38 bits per heavy atom. The SMILES string of the molecule is Cc1ccnc(N2CCCC[C@H]2C(=O)O)n1. The summed E-state index contributed by atoms with van der Waals surface area (Å²) in [6, 6.07) is 1.33. The molecule has 1 saturated heterocycles. The van der Waals surface area contributed by atoms with Gasteiger partial charge >= 0.3 is 5.97 Å². The highest BCUT2D eigenvalue weighted by molar-refractivity contribution is 5.77. The number of aromatic nitrogens is 2. The van der Waals surface area contributed by atoms with Crippen molar-refractivity contribution in [1.29, 1.82) is 0 Å². The Kier molecular flexibility index (Phi) is 3.03. The van der Waals surface area contributed by atoms with Gasteiger partial charge in [0.1, 0.15) is 6.04 Å². The van der Waals surface area contributed by atoms with E-state index >= 15 is 0 Å². The summed E-state index contributed by atoms with van der Waals surface area (Å²) in [6.07, 6.45) is 4.30. The molecule has 0 aliphatic carbocycles. The summed E-state index contributed by atoms with van der Waals surface area (Å²) in [5.74, 6) is -0.253. The number of hydrogen-bond acceptors (Lipinski definition) is 4. The number of nitrogens with zero attached hydrogens (tertiary/aromatic N) is 3. The highest BCUT2D eigenvalue weighted by Crippen LogP contribution is 2.21. The molecule has 0 saturated carbocycles. The standard InChI is InChI=1S/C11H15N3O2/c1-8-5-6-12-11(13-8)14-7-3-2-4-9(14)10(15)16/h5-6,9H,2-4,7H2,1H3,(H,15,16)/t9-/m0/s1. The molecule has 1 aromatic heterocycles. The number of piperidine rings is 1. The zero-order valence-electron chi connectivity index (χ0n) is 9.26. The molecule has 0 bridgehead atoms. The lowest BCUT2D eigenvalue weighted by Crippen LogP contribution is -2.45. The smallest absolute Gasteiger partial charge is 0.326 e. The first-order chi connectivity index (χ1) is 7.68. The molecule has 16 heavy (non-hydrogen) atoms. The van der Waals surface area contributed by atoms with E-state index in [0.717, 1.165) is 25.1 Å². The van der Waals surface area contributed by atoms with Crippen LogP contribution in [-0.4, -0.2) is 33.6 Å². The molecule has 86 valence electrons. The van der Waals surface area contributed by atoms with E-state index in [4.69, 9.17) is 5.11 Å². The van der Waals surface area contributed by atoms with E-state index in [9.17, 15) is 4.79 Å². The molecule has 1 aromatic rings. The minimum absolute atomic E-state index is 0.476. The van der Waals surface area contributed by atoms with Crippen molar-refractivity contribution < 1.29 is 9.90 Å². The van der Waals surface area contributed by atoms with Crippen LogP contribution in [0.2, 0.25) is 0 Å². The zero-order valence-corrected chi connectivity index (χ0v) is 9.26. The molecule has 1 atom stereocenters. The van der Waals surface area contributed by atoms with Gasteiger partial charge in [0.2, 0.25) is 5.95 Å². The first-order valence-corrected chi connectivity index (χ1v) is 5.47. The van der Waals surface area contributed by atoms with Crippen LogP contribution in [0.15, 0.2) is 12.3 Å². The van der Waals surface area contributed by atoms with E-state index in [1.54, 1.807) is 11.1 Å². The van der Waals surface area contributed by atoms with Gasteiger partial charge in [-0.05, 0) is 32.3 Å². The van der Waals surface area contributed by atoms with Crippen molar-refractivity contribution in [1.82, 2.24) is 9.97 Å². The van der Waals surface area contributed by atoms with E-state index in [0.29, 0.717) is 12.4 Å². The van der Waals surface area contributed by atoms with Crippen LogP contribution in [-0.2, 0) is 4.79 Å². The Labute approximate surface area is 94.1 Å². The third kappa shape index (κ3) is 2.13. The number of carbonyl (C=O) groups is 1. The van der Waals surface area contributed by atoms with E-state index < -0.39 is 12.0 Å². The van der Waals surface area contributed by atoms with Crippen molar-refractivity contribution in [2.45, 2.75) is 32.2 Å². The third-order valence-electron chi connectivity index (χ3n) is 2.83. The lowest BCUT2D eigenvalue weighted by Gasteiger charge is -2.32. The Morgan fingerprint density at radius 3 is 3.06 bits per heavy atom. The Bertz CT molecular complexity index is 395. The summed E-state index contributed by atoms with van der Waals surface area (Å²) in [6.45, 7) is 2.60. The van der Waals surface area contributed by atoms with Crippen LogP contribution in [0.1, 0.15) is 25.0 Å². The van der Waals surface area contributed by atoms with Gasteiger partial charge in [-0.15, -0.1) is 0 Å². The molecule has 0 unspecified atom stereocenters. The minimum Gasteiger partial charge on any atom is -0.480 e. The van der Waals surface area contributed by atoms with Gasteiger partial charge in [-0.1, -0.05) is 0 Å². The number of aryl methyl sites for hydroxylation is 1. The first kappa shape index (κ1) is 10.9. The Balaban J connectivity index is 2.26. The van der Waals surface area contributed by atoms with E-state index in [-0.39, 0.29) is 0 Å². The van der Waals surface area contributed by atoms with Gasteiger partial charge < -0.3 is 10.0 Å². The maximum Gasteiger partial charge on any atom is 0.326 e. The second-order valence-electron chi connectivity index (χ2n) is 4.04. The molecule has 0 spiro atoms. The largest absolute Gasteiger partial charge is 0.480 e.